The summed E-state index contributed by atoms with van der Waals surface area (Å²) in [6.45, 7) is 1.19. The predicted octanol–water partition coefficient (Wildman–Crippen LogP) is 4.56. The molecular formula is C24H27F3N4O. The summed E-state index contributed by atoms with van der Waals surface area (Å²) in [6, 6.07) is 2.86. The van der Waals surface area contributed by atoms with Crippen molar-refractivity contribution in [2.75, 3.05) is 18.0 Å². The van der Waals surface area contributed by atoms with E-state index < -0.39 is 11.7 Å². The molecular weight excluding hydrogens is 417 g/mol. The minimum absolute atomic E-state index is 0.0606. The van der Waals surface area contributed by atoms with Crippen LogP contribution in [0.15, 0.2) is 24.5 Å². The van der Waals surface area contributed by atoms with Crippen LogP contribution in [0.25, 0.3) is 11.0 Å². The number of rotatable bonds is 3. The molecule has 1 amide bonds. The van der Waals surface area contributed by atoms with Crippen LogP contribution in [0.2, 0.25) is 0 Å². The van der Waals surface area contributed by atoms with Crippen LogP contribution in [0.5, 0.6) is 0 Å². The Labute approximate surface area is 184 Å². The lowest BCUT2D eigenvalue weighted by molar-refractivity contribution is -0.136. The Hall–Kier alpha value is -2.38. The van der Waals surface area contributed by atoms with E-state index in [1.54, 1.807) is 0 Å². The highest BCUT2D eigenvalue weighted by atomic mass is 19.4. The number of aromatic nitrogens is 2. The maximum Gasteiger partial charge on any atom is 0.418 e. The van der Waals surface area contributed by atoms with Gasteiger partial charge >= 0.3 is 6.18 Å². The first-order valence-corrected chi connectivity index (χ1v) is 11.7. The zero-order chi connectivity index (χ0) is 22.1. The van der Waals surface area contributed by atoms with Crippen molar-refractivity contribution in [2.24, 2.45) is 23.2 Å². The molecule has 5 nitrogen and oxygen atoms in total. The number of amides is 1. The van der Waals surface area contributed by atoms with Crippen molar-refractivity contribution < 1.29 is 18.0 Å². The minimum Gasteiger partial charge on any atom is -0.368 e. The molecule has 1 spiro atoms. The zero-order valence-corrected chi connectivity index (χ0v) is 17.9. The predicted molar refractivity (Wildman–Crippen MR) is 114 cm³/mol. The van der Waals surface area contributed by atoms with Crippen molar-refractivity contribution in [1.82, 2.24) is 15.3 Å². The third kappa shape index (κ3) is 3.33. The molecule has 170 valence electrons. The molecule has 3 aliphatic carbocycles. The number of nitrogens with zero attached hydrogens (tertiary/aromatic N) is 3. The molecule has 1 aliphatic heterocycles. The van der Waals surface area contributed by atoms with E-state index in [1.165, 1.54) is 37.7 Å². The number of hydrogen-bond donors (Lipinski definition) is 1. The number of anilines is 1. The molecule has 3 saturated carbocycles. The van der Waals surface area contributed by atoms with Crippen LogP contribution < -0.4 is 10.2 Å². The first kappa shape index (κ1) is 20.2. The van der Waals surface area contributed by atoms with Crippen molar-refractivity contribution in [2.45, 2.75) is 57.2 Å². The van der Waals surface area contributed by atoms with Gasteiger partial charge in [-0.2, -0.15) is 13.2 Å². The quantitative estimate of drug-likeness (QED) is 0.754. The van der Waals surface area contributed by atoms with E-state index in [0.29, 0.717) is 18.8 Å². The van der Waals surface area contributed by atoms with Gasteiger partial charge < -0.3 is 10.2 Å². The molecule has 1 N–H and O–H groups in total. The van der Waals surface area contributed by atoms with E-state index in [0.717, 1.165) is 43.6 Å². The Kier molecular flexibility index (Phi) is 4.46. The fraction of sp³-hybridized carbons (Fsp3) is 0.625. The Morgan fingerprint density at radius 2 is 1.72 bits per heavy atom. The van der Waals surface area contributed by atoms with Crippen molar-refractivity contribution in [3.8, 4) is 0 Å². The molecule has 32 heavy (non-hydrogen) atoms. The second-order valence-corrected chi connectivity index (χ2v) is 10.4. The number of carbonyl (C=O) groups is 1. The number of alkyl halides is 3. The third-order valence-corrected chi connectivity index (χ3v) is 8.34. The summed E-state index contributed by atoms with van der Waals surface area (Å²) < 4.78 is 40.4. The maximum absolute atomic E-state index is 13.5. The van der Waals surface area contributed by atoms with Crippen molar-refractivity contribution in [3.63, 3.8) is 0 Å². The average Bonchev–Trinajstić information content (AvgIpc) is 3.30. The van der Waals surface area contributed by atoms with Gasteiger partial charge in [0.25, 0.3) is 0 Å². The van der Waals surface area contributed by atoms with E-state index in [4.69, 9.17) is 0 Å². The number of benzene rings is 1. The topological polar surface area (TPSA) is 58.1 Å². The summed E-state index contributed by atoms with van der Waals surface area (Å²) >= 11 is 0. The van der Waals surface area contributed by atoms with Crippen LogP contribution in [0.4, 0.5) is 18.9 Å². The largest absolute Gasteiger partial charge is 0.418 e. The number of halogens is 3. The van der Waals surface area contributed by atoms with E-state index in [9.17, 15) is 18.0 Å². The van der Waals surface area contributed by atoms with Crippen molar-refractivity contribution in [3.05, 3.63) is 30.1 Å². The van der Waals surface area contributed by atoms with Gasteiger partial charge in [-0.15, -0.1) is 0 Å². The molecule has 1 aromatic heterocycles. The number of hydrogen-bond acceptors (Lipinski definition) is 4. The van der Waals surface area contributed by atoms with E-state index in [-0.39, 0.29) is 34.3 Å². The van der Waals surface area contributed by atoms with Crippen LogP contribution in [0.1, 0.15) is 50.5 Å². The lowest BCUT2D eigenvalue weighted by Crippen LogP contribution is -2.44. The first-order chi connectivity index (χ1) is 15.3. The van der Waals surface area contributed by atoms with Gasteiger partial charge in [-0.1, -0.05) is 12.8 Å². The van der Waals surface area contributed by atoms with Crippen molar-refractivity contribution >= 4 is 22.6 Å². The molecule has 0 radical (unpaired) electrons. The van der Waals surface area contributed by atoms with E-state index in [2.05, 4.69) is 20.2 Å². The molecule has 6 rings (SSSR count). The summed E-state index contributed by atoms with van der Waals surface area (Å²) in [5, 5.41) is 3.35. The molecule has 4 aliphatic rings. The molecule has 2 bridgehead atoms. The van der Waals surface area contributed by atoms with Gasteiger partial charge in [-0.3, -0.25) is 14.8 Å². The lowest BCUT2D eigenvalue weighted by atomic mass is 9.84. The molecule has 1 aromatic carbocycles. The Balaban J connectivity index is 1.25. The molecule has 3 atom stereocenters. The van der Waals surface area contributed by atoms with Gasteiger partial charge in [-0.25, -0.2) is 0 Å². The van der Waals surface area contributed by atoms with Crippen LogP contribution in [-0.4, -0.2) is 35.0 Å². The number of fused-ring (bicyclic) bond motifs is 3. The highest BCUT2D eigenvalue weighted by Crippen LogP contribution is 2.57. The number of carbonyl (C=O) groups excluding carboxylic acids is 1. The standard InChI is InChI=1S/C24H27F3N4O/c25-24(26,27)17-3-4-19(21-20(17)28-7-8-29-21)31-12-18(23(13-31)5-6-23)22(32)30-16-10-14-1-2-15(9-14)11-16/h3-4,7-8,14-16,18H,1-2,5-6,9-13H2,(H,30,32). The monoisotopic (exact) mass is 444 g/mol. The molecule has 1 saturated heterocycles. The molecule has 3 unspecified atom stereocenters. The number of nitrogens with one attached hydrogen (secondary N) is 1. The molecule has 8 heteroatoms. The van der Waals surface area contributed by atoms with Crippen molar-refractivity contribution in [1.29, 1.82) is 0 Å². The fourth-order valence-electron chi connectivity index (χ4n) is 6.63. The Bertz CT molecular complexity index is 1050. The molecule has 4 fully saturated rings. The normalized spacial score (nSPS) is 30.8. The second kappa shape index (κ2) is 7.06. The summed E-state index contributed by atoms with van der Waals surface area (Å²) in [4.78, 5) is 23.6. The Morgan fingerprint density at radius 3 is 2.38 bits per heavy atom. The SMILES string of the molecule is O=C(NC1CC2CCC(C2)C1)C1CN(c2ccc(C(F)(F)F)c3nccnc23)CC12CC2. The molecule has 2 aromatic rings. The van der Waals surface area contributed by atoms with Gasteiger partial charge in [0.05, 0.1) is 17.2 Å². The van der Waals surface area contributed by atoms with Crippen LogP contribution in [0, 0.1) is 23.2 Å². The second-order valence-electron chi connectivity index (χ2n) is 10.4. The highest BCUT2D eigenvalue weighted by Gasteiger charge is 2.58. The fourth-order valence-corrected chi connectivity index (χ4v) is 6.63. The third-order valence-electron chi connectivity index (χ3n) is 8.34. The summed E-state index contributed by atoms with van der Waals surface area (Å²) in [5.74, 6) is 1.51. The van der Waals surface area contributed by atoms with Gasteiger partial charge in [0.15, 0.2) is 0 Å². The lowest BCUT2D eigenvalue weighted by Gasteiger charge is -2.30. The first-order valence-electron chi connectivity index (χ1n) is 11.7. The van der Waals surface area contributed by atoms with Crippen LogP contribution >= 0.6 is 0 Å². The van der Waals surface area contributed by atoms with E-state index >= 15 is 0 Å². The maximum atomic E-state index is 13.5. The Morgan fingerprint density at radius 1 is 1.03 bits per heavy atom. The summed E-state index contributed by atoms with van der Waals surface area (Å²) in [5.41, 5.74) is -0.0742. The summed E-state index contributed by atoms with van der Waals surface area (Å²) in [6.07, 6.45) is 6.28. The van der Waals surface area contributed by atoms with Gasteiger partial charge in [0.2, 0.25) is 5.91 Å². The average molecular weight is 445 g/mol. The minimum atomic E-state index is -4.49. The van der Waals surface area contributed by atoms with Gasteiger partial charge in [0, 0.05) is 36.9 Å². The van der Waals surface area contributed by atoms with Crippen LogP contribution in [0.3, 0.4) is 0 Å². The van der Waals surface area contributed by atoms with E-state index in [1.807, 2.05) is 0 Å². The highest BCUT2D eigenvalue weighted by molar-refractivity contribution is 5.92. The van der Waals surface area contributed by atoms with Gasteiger partial charge in [-0.05, 0) is 56.1 Å². The van der Waals surface area contributed by atoms with Gasteiger partial charge in [0.1, 0.15) is 11.0 Å². The van der Waals surface area contributed by atoms with Crippen LogP contribution in [-0.2, 0) is 11.0 Å². The smallest absolute Gasteiger partial charge is 0.368 e. The summed E-state index contributed by atoms with van der Waals surface area (Å²) in [7, 11) is 0. The molecule has 2 heterocycles. The zero-order valence-electron chi connectivity index (χ0n) is 17.9.